The lowest BCUT2D eigenvalue weighted by molar-refractivity contribution is -0.141. The molecule has 3 unspecified atom stereocenters. The highest BCUT2D eigenvalue weighted by atomic mass is 16.5. The van der Waals surface area contributed by atoms with Gasteiger partial charge in [-0.2, -0.15) is 0 Å². The van der Waals surface area contributed by atoms with Gasteiger partial charge in [-0.3, -0.25) is 4.79 Å². The summed E-state index contributed by atoms with van der Waals surface area (Å²) in [4.78, 5) is 10.5. The van der Waals surface area contributed by atoms with Gasteiger partial charge in [-0.1, -0.05) is 6.92 Å². The van der Waals surface area contributed by atoms with E-state index in [1.54, 1.807) is 0 Å². The van der Waals surface area contributed by atoms with Crippen molar-refractivity contribution < 1.29 is 14.6 Å². The molecule has 0 amide bonds. The number of carboxylic acid groups (broad SMARTS) is 1. The summed E-state index contributed by atoms with van der Waals surface area (Å²) in [7, 11) is 0. The van der Waals surface area contributed by atoms with Crippen molar-refractivity contribution in [1.82, 2.24) is 0 Å². The highest BCUT2D eigenvalue weighted by molar-refractivity contribution is 5.73. The Morgan fingerprint density at radius 3 is 2.83 bits per heavy atom. The van der Waals surface area contributed by atoms with Crippen LogP contribution in [0.2, 0.25) is 0 Å². The van der Waals surface area contributed by atoms with Gasteiger partial charge in [-0.15, -0.1) is 0 Å². The van der Waals surface area contributed by atoms with Gasteiger partial charge in [-0.05, 0) is 12.8 Å². The van der Waals surface area contributed by atoms with Crippen LogP contribution in [0.5, 0.6) is 0 Å². The molecule has 1 heterocycles. The van der Waals surface area contributed by atoms with E-state index in [4.69, 9.17) is 15.6 Å². The molecule has 0 saturated carbocycles. The largest absolute Gasteiger partial charge is 0.480 e. The van der Waals surface area contributed by atoms with E-state index in [1.165, 1.54) is 0 Å². The summed E-state index contributed by atoms with van der Waals surface area (Å²) in [5, 5.41) is 8.63. The fraction of sp³-hybridized carbons (Fsp3) is 0.875. The standard InChI is InChI=1S/C8H15NO3/c1-5(7(9)8(10)11)6-3-2-4-12-6/h5-7H,2-4,9H2,1H3,(H,10,11). The Balaban J connectivity index is 2.44. The number of ether oxygens (including phenoxy) is 1. The number of nitrogens with two attached hydrogens (primary N) is 1. The average Bonchev–Trinajstić information content (AvgIpc) is 2.53. The van der Waals surface area contributed by atoms with Gasteiger partial charge in [0.25, 0.3) is 0 Å². The number of aliphatic carboxylic acids is 1. The van der Waals surface area contributed by atoms with Crippen LogP contribution in [0.25, 0.3) is 0 Å². The van der Waals surface area contributed by atoms with Gasteiger partial charge in [0, 0.05) is 12.5 Å². The maximum absolute atomic E-state index is 10.5. The van der Waals surface area contributed by atoms with Crippen LogP contribution in [0, 0.1) is 5.92 Å². The van der Waals surface area contributed by atoms with E-state index in [2.05, 4.69) is 0 Å². The van der Waals surface area contributed by atoms with Crippen molar-refractivity contribution in [2.45, 2.75) is 31.9 Å². The second kappa shape index (κ2) is 3.87. The van der Waals surface area contributed by atoms with Gasteiger partial charge in [0.2, 0.25) is 0 Å². The Bertz CT molecular complexity index is 166. The molecule has 70 valence electrons. The SMILES string of the molecule is CC(C1CCCO1)C(N)C(=O)O. The third-order valence-corrected chi connectivity index (χ3v) is 2.40. The second-order valence-electron chi connectivity index (χ2n) is 3.27. The first-order valence-corrected chi connectivity index (χ1v) is 4.23. The Kier molecular flexibility index (Phi) is 3.05. The molecular formula is C8H15NO3. The summed E-state index contributed by atoms with van der Waals surface area (Å²) in [6.07, 6.45) is 1.99. The highest BCUT2D eigenvalue weighted by Crippen LogP contribution is 2.21. The number of hydrogen-bond acceptors (Lipinski definition) is 3. The fourth-order valence-corrected chi connectivity index (χ4v) is 1.47. The minimum Gasteiger partial charge on any atom is -0.480 e. The van der Waals surface area contributed by atoms with Crippen molar-refractivity contribution in [3.8, 4) is 0 Å². The topological polar surface area (TPSA) is 72.5 Å². The van der Waals surface area contributed by atoms with Crippen LogP contribution < -0.4 is 5.73 Å². The molecule has 3 N–H and O–H groups in total. The molecule has 0 aromatic heterocycles. The molecule has 0 aromatic carbocycles. The zero-order valence-electron chi connectivity index (χ0n) is 7.19. The van der Waals surface area contributed by atoms with Crippen molar-refractivity contribution in [3.05, 3.63) is 0 Å². The molecule has 1 saturated heterocycles. The van der Waals surface area contributed by atoms with Crippen LogP contribution in [0.3, 0.4) is 0 Å². The van der Waals surface area contributed by atoms with Crippen LogP contribution in [0.15, 0.2) is 0 Å². The van der Waals surface area contributed by atoms with E-state index in [-0.39, 0.29) is 12.0 Å². The molecule has 0 aromatic rings. The summed E-state index contributed by atoms with van der Waals surface area (Å²) < 4.78 is 5.34. The van der Waals surface area contributed by atoms with Crippen molar-refractivity contribution in [3.63, 3.8) is 0 Å². The van der Waals surface area contributed by atoms with Crippen LogP contribution in [0.4, 0.5) is 0 Å². The van der Waals surface area contributed by atoms with Crippen molar-refractivity contribution in [1.29, 1.82) is 0 Å². The third-order valence-electron chi connectivity index (χ3n) is 2.40. The van der Waals surface area contributed by atoms with Crippen LogP contribution in [0.1, 0.15) is 19.8 Å². The normalized spacial score (nSPS) is 28.3. The lowest BCUT2D eigenvalue weighted by atomic mass is 9.94. The van der Waals surface area contributed by atoms with E-state index in [0.717, 1.165) is 19.4 Å². The quantitative estimate of drug-likeness (QED) is 0.640. The van der Waals surface area contributed by atoms with Crippen molar-refractivity contribution in [2.24, 2.45) is 11.7 Å². The van der Waals surface area contributed by atoms with Crippen molar-refractivity contribution in [2.75, 3.05) is 6.61 Å². The Morgan fingerprint density at radius 1 is 1.75 bits per heavy atom. The first-order valence-electron chi connectivity index (χ1n) is 4.23. The van der Waals surface area contributed by atoms with Gasteiger partial charge < -0.3 is 15.6 Å². The van der Waals surface area contributed by atoms with E-state index in [1.807, 2.05) is 6.92 Å². The molecule has 4 heteroatoms. The molecular weight excluding hydrogens is 158 g/mol. The summed E-state index contributed by atoms with van der Waals surface area (Å²) in [5.74, 6) is -1.04. The highest BCUT2D eigenvalue weighted by Gasteiger charge is 2.30. The predicted molar refractivity (Wildman–Crippen MR) is 43.7 cm³/mol. The van der Waals surface area contributed by atoms with E-state index >= 15 is 0 Å². The van der Waals surface area contributed by atoms with Gasteiger partial charge >= 0.3 is 5.97 Å². The molecule has 0 radical (unpaired) electrons. The van der Waals surface area contributed by atoms with E-state index < -0.39 is 12.0 Å². The minimum atomic E-state index is -0.946. The Hall–Kier alpha value is -0.610. The summed E-state index contributed by atoms with van der Waals surface area (Å²) in [5.41, 5.74) is 5.46. The van der Waals surface area contributed by atoms with Crippen molar-refractivity contribution >= 4 is 5.97 Å². The molecule has 1 aliphatic rings. The molecule has 1 rings (SSSR count). The van der Waals surface area contributed by atoms with Gasteiger partial charge in [0.1, 0.15) is 6.04 Å². The molecule has 4 nitrogen and oxygen atoms in total. The lowest BCUT2D eigenvalue weighted by Crippen LogP contribution is -2.42. The summed E-state index contributed by atoms with van der Waals surface area (Å²) >= 11 is 0. The average molecular weight is 173 g/mol. The number of hydrogen-bond donors (Lipinski definition) is 2. The predicted octanol–water partition coefficient (Wildman–Crippen LogP) is 0.213. The van der Waals surface area contributed by atoms with Gasteiger partial charge in [0.05, 0.1) is 6.10 Å². The van der Waals surface area contributed by atoms with Gasteiger partial charge in [0.15, 0.2) is 0 Å². The smallest absolute Gasteiger partial charge is 0.320 e. The maximum atomic E-state index is 10.5. The minimum absolute atomic E-state index is 0.0381. The lowest BCUT2D eigenvalue weighted by Gasteiger charge is -2.21. The Morgan fingerprint density at radius 2 is 2.42 bits per heavy atom. The fourth-order valence-electron chi connectivity index (χ4n) is 1.47. The van der Waals surface area contributed by atoms with Crippen LogP contribution in [-0.2, 0) is 9.53 Å². The zero-order chi connectivity index (χ0) is 9.14. The second-order valence-corrected chi connectivity index (χ2v) is 3.27. The number of carbonyl (C=O) groups is 1. The van der Waals surface area contributed by atoms with E-state index in [9.17, 15) is 4.79 Å². The maximum Gasteiger partial charge on any atom is 0.320 e. The molecule has 12 heavy (non-hydrogen) atoms. The van der Waals surface area contributed by atoms with E-state index in [0.29, 0.717) is 0 Å². The van der Waals surface area contributed by atoms with Gasteiger partial charge in [-0.25, -0.2) is 0 Å². The molecule has 0 aliphatic carbocycles. The summed E-state index contributed by atoms with van der Waals surface area (Å²) in [6.45, 7) is 2.57. The molecule has 0 bridgehead atoms. The zero-order valence-corrected chi connectivity index (χ0v) is 7.19. The first kappa shape index (κ1) is 9.48. The molecule has 3 atom stereocenters. The van der Waals surface area contributed by atoms with Crippen LogP contribution >= 0.6 is 0 Å². The first-order chi connectivity index (χ1) is 5.63. The monoisotopic (exact) mass is 173 g/mol. The van der Waals surface area contributed by atoms with Crippen LogP contribution in [-0.4, -0.2) is 29.8 Å². The number of carboxylic acids is 1. The summed E-state index contributed by atoms with van der Waals surface area (Å²) in [6, 6.07) is -0.798. The molecule has 1 fully saturated rings. The molecule has 0 spiro atoms. The number of rotatable bonds is 3. The molecule has 1 aliphatic heterocycles. The third kappa shape index (κ3) is 1.95. The Labute approximate surface area is 71.7 Å².